The van der Waals surface area contributed by atoms with Crippen LogP contribution in [0.4, 0.5) is 0 Å². The standard InChI is InChI=1S/C16H31N5/c1-4-7-21-13-15(11-18-21)16(10-17)20-8-5-14(6-9-20)12-19(2)3/h11,13-14,16H,4-10,12,17H2,1-3H3. The van der Waals surface area contributed by atoms with Gasteiger partial charge in [-0.1, -0.05) is 6.92 Å². The van der Waals surface area contributed by atoms with Gasteiger partial charge in [-0.2, -0.15) is 5.10 Å². The van der Waals surface area contributed by atoms with Gasteiger partial charge in [-0.3, -0.25) is 9.58 Å². The van der Waals surface area contributed by atoms with Gasteiger partial charge < -0.3 is 10.6 Å². The molecule has 0 radical (unpaired) electrons. The molecule has 1 saturated heterocycles. The van der Waals surface area contributed by atoms with E-state index in [1.165, 1.54) is 24.9 Å². The Morgan fingerprint density at radius 1 is 1.38 bits per heavy atom. The molecular weight excluding hydrogens is 262 g/mol. The quantitative estimate of drug-likeness (QED) is 0.829. The minimum Gasteiger partial charge on any atom is -0.329 e. The Morgan fingerprint density at radius 3 is 2.67 bits per heavy atom. The van der Waals surface area contributed by atoms with Crippen LogP contribution in [-0.4, -0.2) is 59.9 Å². The van der Waals surface area contributed by atoms with E-state index in [0.29, 0.717) is 12.6 Å². The number of hydrogen-bond acceptors (Lipinski definition) is 4. The fraction of sp³-hybridized carbons (Fsp3) is 0.812. The molecule has 5 heteroatoms. The smallest absolute Gasteiger partial charge is 0.0538 e. The van der Waals surface area contributed by atoms with Crippen molar-refractivity contribution in [1.82, 2.24) is 19.6 Å². The normalized spacial score (nSPS) is 19.3. The number of nitrogens with two attached hydrogens (primary N) is 1. The number of aryl methyl sites for hydroxylation is 1. The Hall–Kier alpha value is -0.910. The molecular formula is C16H31N5. The van der Waals surface area contributed by atoms with E-state index in [4.69, 9.17) is 5.73 Å². The first-order valence-corrected chi connectivity index (χ1v) is 8.25. The predicted molar refractivity (Wildman–Crippen MR) is 87.2 cm³/mol. The average molecular weight is 293 g/mol. The molecule has 0 amide bonds. The molecule has 2 heterocycles. The molecule has 1 aliphatic heterocycles. The third-order valence-electron chi connectivity index (χ3n) is 4.43. The first kappa shape index (κ1) is 16.5. The second-order valence-electron chi connectivity index (χ2n) is 6.53. The van der Waals surface area contributed by atoms with E-state index in [9.17, 15) is 0 Å². The molecule has 1 aromatic rings. The van der Waals surface area contributed by atoms with Crippen LogP contribution in [0.2, 0.25) is 0 Å². The molecule has 0 spiro atoms. The second kappa shape index (κ2) is 7.92. The predicted octanol–water partition coefficient (Wildman–Crippen LogP) is 1.57. The average Bonchev–Trinajstić information content (AvgIpc) is 2.90. The Morgan fingerprint density at radius 2 is 2.10 bits per heavy atom. The lowest BCUT2D eigenvalue weighted by Gasteiger charge is -2.37. The van der Waals surface area contributed by atoms with Gasteiger partial charge in [0, 0.05) is 31.4 Å². The second-order valence-corrected chi connectivity index (χ2v) is 6.53. The minimum absolute atomic E-state index is 0.330. The summed E-state index contributed by atoms with van der Waals surface area (Å²) in [7, 11) is 4.33. The third-order valence-corrected chi connectivity index (χ3v) is 4.43. The lowest BCUT2D eigenvalue weighted by atomic mass is 9.94. The Labute approximate surface area is 129 Å². The van der Waals surface area contributed by atoms with E-state index in [1.807, 2.05) is 10.9 Å². The van der Waals surface area contributed by atoms with Gasteiger partial charge >= 0.3 is 0 Å². The Balaban J connectivity index is 1.92. The zero-order chi connectivity index (χ0) is 15.2. The van der Waals surface area contributed by atoms with Crippen LogP contribution in [-0.2, 0) is 6.54 Å². The summed E-state index contributed by atoms with van der Waals surface area (Å²) in [5.74, 6) is 0.831. The van der Waals surface area contributed by atoms with E-state index in [1.54, 1.807) is 0 Å². The first-order valence-electron chi connectivity index (χ1n) is 8.25. The molecule has 0 saturated carbocycles. The highest BCUT2D eigenvalue weighted by atomic mass is 15.3. The van der Waals surface area contributed by atoms with Gasteiger partial charge in [0.25, 0.3) is 0 Å². The molecule has 1 unspecified atom stereocenters. The monoisotopic (exact) mass is 293 g/mol. The van der Waals surface area contributed by atoms with Crippen LogP contribution >= 0.6 is 0 Å². The Bertz CT molecular complexity index is 407. The van der Waals surface area contributed by atoms with Crippen LogP contribution < -0.4 is 5.73 Å². The summed E-state index contributed by atoms with van der Waals surface area (Å²) in [6, 6.07) is 0.330. The summed E-state index contributed by atoms with van der Waals surface area (Å²) < 4.78 is 2.04. The maximum Gasteiger partial charge on any atom is 0.0538 e. The maximum absolute atomic E-state index is 6.05. The molecule has 0 aromatic carbocycles. The summed E-state index contributed by atoms with van der Waals surface area (Å²) >= 11 is 0. The molecule has 0 aliphatic carbocycles. The van der Waals surface area contributed by atoms with Crippen molar-refractivity contribution in [2.24, 2.45) is 11.7 Å². The van der Waals surface area contributed by atoms with Gasteiger partial charge in [0.05, 0.1) is 12.2 Å². The molecule has 1 atom stereocenters. The minimum atomic E-state index is 0.330. The van der Waals surface area contributed by atoms with Gasteiger partial charge in [0.2, 0.25) is 0 Å². The molecule has 2 N–H and O–H groups in total. The fourth-order valence-electron chi connectivity index (χ4n) is 3.36. The van der Waals surface area contributed by atoms with E-state index in [2.05, 4.69) is 42.1 Å². The summed E-state index contributed by atoms with van der Waals surface area (Å²) in [4.78, 5) is 4.84. The summed E-state index contributed by atoms with van der Waals surface area (Å²) in [6.07, 6.45) is 7.84. The van der Waals surface area contributed by atoms with Crippen LogP contribution in [0, 0.1) is 5.92 Å². The van der Waals surface area contributed by atoms with Gasteiger partial charge in [-0.05, 0) is 52.4 Å². The van der Waals surface area contributed by atoms with E-state index in [0.717, 1.165) is 32.0 Å². The highest BCUT2D eigenvalue weighted by molar-refractivity contribution is 5.11. The topological polar surface area (TPSA) is 50.3 Å². The van der Waals surface area contributed by atoms with Crippen LogP contribution in [0.3, 0.4) is 0 Å². The van der Waals surface area contributed by atoms with E-state index >= 15 is 0 Å². The van der Waals surface area contributed by atoms with E-state index in [-0.39, 0.29) is 0 Å². The number of likely N-dealkylation sites (tertiary alicyclic amines) is 1. The molecule has 5 nitrogen and oxygen atoms in total. The van der Waals surface area contributed by atoms with E-state index < -0.39 is 0 Å². The van der Waals surface area contributed by atoms with Crippen molar-refractivity contribution in [3.05, 3.63) is 18.0 Å². The molecule has 1 aromatic heterocycles. The highest BCUT2D eigenvalue weighted by Gasteiger charge is 2.26. The molecule has 1 aliphatic rings. The molecule has 2 rings (SSSR count). The first-order chi connectivity index (χ1) is 10.1. The van der Waals surface area contributed by atoms with Crippen molar-refractivity contribution < 1.29 is 0 Å². The summed E-state index contributed by atoms with van der Waals surface area (Å²) in [6.45, 7) is 7.35. The van der Waals surface area contributed by atoms with Crippen LogP contribution in [0.25, 0.3) is 0 Å². The molecule has 1 fully saturated rings. The third kappa shape index (κ3) is 4.53. The number of rotatable bonds is 7. The van der Waals surface area contributed by atoms with Gasteiger partial charge in [-0.25, -0.2) is 0 Å². The van der Waals surface area contributed by atoms with Crippen LogP contribution in [0.15, 0.2) is 12.4 Å². The zero-order valence-corrected chi connectivity index (χ0v) is 13.8. The van der Waals surface area contributed by atoms with Gasteiger partial charge in [0.15, 0.2) is 0 Å². The van der Waals surface area contributed by atoms with Crippen molar-refractivity contribution in [3.63, 3.8) is 0 Å². The van der Waals surface area contributed by atoms with Crippen LogP contribution in [0.5, 0.6) is 0 Å². The van der Waals surface area contributed by atoms with Crippen LogP contribution in [0.1, 0.15) is 37.8 Å². The highest BCUT2D eigenvalue weighted by Crippen LogP contribution is 2.26. The summed E-state index contributed by atoms with van der Waals surface area (Å²) in [5.41, 5.74) is 7.32. The molecule has 21 heavy (non-hydrogen) atoms. The fourth-order valence-corrected chi connectivity index (χ4v) is 3.36. The number of hydrogen-bond donors (Lipinski definition) is 1. The Kier molecular flexibility index (Phi) is 6.21. The lowest BCUT2D eigenvalue weighted by molar-refractivity contribution is 0.122. The van der Waals surface area contributed by atoms with Gasteiger partial charge in [0.1, 0.15) is 0 Å². The van der Waals surface area contributed by atoms with Crippen molar-refractivity contribution in [2.45, 2.75) is 38.8 Å². The van der Waals surface area contributed by atoms with Crippen molar-refractivity contribution in [2.75, 3.05) is 40.3 Å². The largest absolute Gasteiger partial charge is 0.329 e. The van der Waals surface area contributed by atoms with Crippen molar-refractivity contribution in [3.8, 4) is 0 Å². The lowest BCUT2D eigenvalue weighted by Crippen LogP contribution is -2.41. The van der Waals surface area contributed by atoms with Gasteiger partial charge in [-0.15, -0.1) is 0 Å². The molecule has 0 bridgehead atoms. The zero-order valence-electron chi connectivity index (χ0n) is 13.8. The van der Waals surface area contributed by atoms with Crippen molar-refractivity contribution >= 4 is 0 Å². The maximum atomic E-state index is 6.05. The van der Waals surface area contributed by atoms with Crippen molar-refractivity contribution in [1.29, 1.82) is 0 Å². The SMILES string of the molecule is CCCn1cc(C(CN)N2CCC(CN(C)C)CC2)cn1. The number of piperidine rings is 1. The molecule has 120 valence electrons. The number of aromatic nitrogens is 2. The summed E-state index contributed by atoms with van der Waals surface area (Å²) in [5, 5.41) is 4.45. The number of nitrogens with zero attached hydrogens (tertiary/aromatic N) is 4.